The summed E-state index contributed by atoms with van der Waals surface area (Å²) in [4.78, 5) is 0.0519. The molecule has 1 aliphatic rings. The fourth-order valence-corrected chi connectivity index (χ4v) is 3.89. The van der Waals surface area contributed by atoms with Crippen LogP contribution in [0, 0.1) is 0 Å². The van der Waals surface area contributed by atoms with E-state index in [1.54, 1.807) is 4.68 Å². The average Bonchev–Trinajstić information content (AvgIpc) is 2.68. The molecule has 0 aliphatic heterocycles. The van der Waals surface area contributed by atoms with E-state index < -0.39 is 9.05 Å². The Labute approximate surface area is 101 Å². The first-order chi connectivity index (χ1) is 6.98. The van der Waals surface area contributed by atoms with Gasteiger partial charge in [-0.25, -0.2) is 8.42 Å². The van der Waals surface area contributed by atoms with Crippen LogP contribution in [0.5, 0.6) is 0 Å². The minimum absolute atomic E-state index is 0.0519. The molecule has 0 saturated heterocycles. The maximum atomic E-state index is 11.2. The van der Waals surface area contributed by atoms with Crippen molar-refractivity contribution in [1.29, 1.82) is 0 Å². The first-order valence-corrected chi connectivity index (χ1v) is 7.78. The van der Waals surface area contributed by atoms with E-state index in [0.29, 0.717) is 10.6 Å². The highest BCUT2D eigenvalue weighted by molar-refractivity contribution is 9.10. The van der Waals surface area contributed by atoms with E-state index in [0.717, 1.165) is 12.8 Å². The molecule has 1 saturated carbocycles. The average molecular weight is 314 g/mol. The quantitative estimate of drug-likeness (QED) is 0.789. The molecule has 0 unspecified atom stereocenters. The second kappa shape index (κ2) is 4.07. The van der Waals surface area contributed by atoms with Gasteiger partial charge in [0.05, 0.1) is 6.04 Å². The Kier molecular flexibility index (Phi) is 3.10. The molecule has 1 aromatic heterocycles. The van der Waals surface area contributed by atoms with Gasteiger partial charge in [-0.05, 0) is 28.8 Å². The zero-order valence-corrected chi connectivity index (χ0v) is 11.0. The van der Waals surface area contributed by atoms with Gasteiger partial charge < -0.3 is 0 Å². The van der Waals surface area contributed by atoms with Gasteiger partial charge in [0.15, 0.2) is 0 Å². The SMILES string of the molecule is O=S(=O)(Cl)c1cn(C2CCCC2)nc1Br. The minimum Gasteiger partial charge on any atom is -0.267 e. The number of nitrogens with zero attached hydrogens (tertiary/aromatic N) is 2. The summed E-state index contributed by atoms with van der Waals surface area (Å²) in [5.41, 5.74) is 0. The molecule has 2 rings (SSSR count). The second-order valence-electron chi connectivity index (χ2n) is 3.64. The molecule has 7 heteroatoms. The van der Waals surface area contributed by atoms with E-state index >= 15 is 0 Å². The van der Waals surface area contributed by atoms with Gasteiger partial charge in [-0.1, -0.05) is 12.8 Å². The van der Waals surface area contributed by atoms with Crippen molar-refractivity contribution in [2.75, 3.05) is 0 Å². The molecule has 0 spiro atoms. The summed E-state index contributed by atoms with van der Waals surface area (Å²) in [5.74, 6) is 0. The highest BCUT2D eigenvalue weighted by Crippen LogP contribution is 2.32. The van der Waals surface area contributed by atoms with Crippen LogP contribution in [-0.4, -0.2) is 18.2 Å². The van der Waals surface area contributed by atoms with E-state index in [4.69, 9.17) is 10.7 Å². The number of rotatable bonds is 2. The summed E-state index contributed by atoms with van der Waals surface area (Å²) in [6.07, 6.45) is 5.95. The van der Waals surface area contributed by atoms with Crippen LogP contribution >= 0.6 is 26.6 Å². The molecule has 15 heavy (non-hydrogen) atoms. The van der Waals surface area contributed by atoms with Crippen LogP contribution in [0.1, 0.15) is 31.7 Å². The topological polar surface area (TPSA) is 52.0 Å². The molecule has 1 fully saturated rings. The predicted octanol–water partition coefficient (Wildman–Crippen LogP) is 2.69. The maximum absolute atomic E-state index is 11.2. The van der Waals surface area contributed by atoms with Gasteiger partial charge in [0.2, 0.25) is 0 Å². The van der Waals surface area contributed by atoms with E-state index in [9.17, 15) is 8.42 Å². The molecule has 0 bridgehead atoms. The van der Waals surface area contributed by atoms with Crippen molar-refractivity contribution in [3.8, 4) is 0 Å². The van der Waals surface area contributed by atoms with Crippen LogP contribution in [0.25, 0.3) is 0 Å². The van der Waals surface area contributed by atoms with Crippen molar-refractivity contribution in [3.05, 3.63) is 10.8 Å². The Morgan fingerprint density at radius 3 is 2.53 bits per heavy atom. The molecule has 1 aliphatic carbocycles. The maximum Gasteiger partial charge on any atom is 0.265 e. The van der Waals surface area contributed by atoms with Gasteiger partial charge in [0.1, 0.15) is 9.50 Å². The fourth-order valence-electron chi connectivity index (χ4n) is 1.87. The van der Waals surface area contributed by atoms with Crippen LogP contribution in [-0.2, 0) is 9.05 Å². The molecule has 0 radical (unpaired) electrons. The van der Waals surface area contributed by atoms with Crippen molar-refractivity contribution in [2.24, 2.45) is 0 Å². The molecule has 0 N–H and O–H groups in total. The summed E-state index contributed by atoms with van der Waals surface area (Å²) < 4.78 is 24.3. The van der Waals surface area contributed by atoms with Gasteiger partial charge in [0, 0.05) is 16.9 Å². The Bertz CT molecular complexity index is 465. The van der Waals surface area contributed by atoms with Crippen LogP contribution in [0.15, 0.2) is 15.7 Å². The Balaban J connectivity index is 2.36. The van der Waals surface area contributed by atoms with Crippen molar-refractivity contribution in [3.63, 3.8) is 0 Å². The lowest BCUT2D eigenvalue weighted by atomic mass is 10.3. The third-order valence-corrected chi connectivity index (χ3v) is 4.79. The summed E-state index contributed by atoms with van der Waals surface area (Å²) in [7, 11) is 1.57. The standard InChI is InChI=1S/C8H10BrClN2O2S/c9-8-7(15(10,13)14)5-12(11-8)6-3-1-2-4-6/h5-6H,1-4H2. The Morgan fingerprint density at radius 1 is 1.47 bits per heavy atom. The number of hydrogen-bond donors (Lipinski definition) is 0. The third-order valence-electron chi connectivity index (χ3n) is 2.62. The van der Waals surface area contributed by atoms with E-state index in [-0.39, 0.29) is 4.90 Å². The van der Waals surface area contributed by atoms with Crippen LogP contribution in [0.2, 0.25) is 0 Å². The molecular formula is C8H10BrClN2O2S. The van der Waals surface area contributed by atoms with E-state index in [1.807, 2.05) is 0 Å². The smallest absolute Gasteiger partial charge is 0.265 e. The zero-order valence-electron chi connectivity index (χ0n) is 7.86. The van der Waals surface area contributed by atoms with Crippen LogP contribution < -0.4 is 0 Å². The largest absolute Gasteiger partial charge is 0.267 e. The molecule has 1 heterocycles. The molecule has 0 amide bonds. The highest BCUT2D eigenvalue weighted by atomic mass is 79.9. The lowest BCUT2D eigenvalue weighted by molar-refractivity contribution is 0.464. The molecule has 84 valence electrons. The fraction of sp³-hybridized carbons (Fsp3) is 0.625. The monoisotopic (exact) mass is 312 g/mol. The Morgan fingerprint density at radius 2 is 2.07 bits per heavy atom. The molecule has 1 aromatic rings. The normalized spacial score (nSPS) is 18.5. The molecule has 0 aromatic carbocycles. The number of hydrogen-bond acceptors (Lipinski definition) is 3. The third kappa shape index (κ3) is 2.37. The van der Waals surface area contributed by atoms with Crippen molar-refractivity contribution in [2.45, 2.75) is 36.6 Å². The van der Waals surface area contributed by atoms with E-state index in [1.165, 1.54) is 19.0 Å². The van der Waals surface area contributed by atoms with E-state index in [2.05, 4.69) is 21.0 Å². The zero-order chi connectivity index (χ0) is 11.1. The van der Waals surface area contributed by atoms with Gasteiger partial charge in [-0.15, -0.1) is 0 Å². The lowest BCUT2D eigenvalue weighted by Gasteiger charge is -2.07. The number of halogens is 2. The highest BCUT2D eigenvalue weighted by Gasteiger charge is 2.23. The van der Waals surface area contributed by atoms with Gasteiger partial charge in [-0.2, -0.15) is 5.10 Å². The predicted molar refractivity (Wildman–Crippen MR) is 60.5 cm³/mol. The summed E-state index contributed by atoms with van der Waals surface area (Å²) in [5, 5.41) is 4.13. The van der Waals surface area contributed by atoms with Crippen molar-refractivity contribution in [1.82, 2.24) is 9.78 Å². The van der Waals surface area contributed by atoms with Gasteiger partial charge >= 0.3 is 0 Å². The molecular weight excluding hydrogens is 304 g/mol. The summed E-state index contributed by atoms with van der Waals surface area (Å²) >= 11 is 3.10. The lowest BCUT2D eigenvalue weighted by Crippen LogP contribution is -2.04. The summed E-state index contributed by atoms with van der Waals surface area (Å²) in [6, 6.07) is 0.313. The minimum atomic E-state index is -3.70. The van der Waals surface area contributed by atoms with Gasteiger partial charge in [0.25, 0.3) is 9.05 Å². The second-order valence-corrected chi connectivity index (χ2v) is 6.93. The number of aromatic nitrogens is 2. The van der Waals surface area contributed by atoms with Crippen molar-refractivity contribution >= 4 is 35.7 Å². The molecule has 4 nitrogen and oxygen atoms in total. The first-order valence-electron chi connectivity index (χ1n) is 4.68. The summed E-state index contributed by atoms with van der Waals surface area (Å²) in [6.45, 7) is 0. The van der Waals surface area contributed by atoms with Crippen molar-refractivity contribution < 1.29 is 8.42 Å². The van der Waals surface area contributed by atoms with Crippen LogP contribution in [0.4, 0.5) is 0 Å². The Hall–Kier alpha value is -0.0700. The molecule has 0 atom stereocenters. The van der Waals surface area contributed by atoms with Gasteiger partial charge in [-0.3, -0.25) is 4.68 Å². The van der Waals surface area contributed by atoms with Crippen LogP contribution in [0.3, 0.4) is 0 Å². The first kappa shape index (κ1) is 11.4.